The molecular weight excluding hydrogens is 267 g/mol. The van der Waals surface area contributed by atoms with Gasteiger partial charge in [-0.15, -0.1) is 13.2 Å². The molecule has 0 aromatic carbocycles. The Hall–Kier alpha value is -2.50. The number of nitrogens with zero attached hydrogens (tertiary/aromatic N) is 2. The number of ether oxygens (including phenoxy) is 2. The summed E-state index contributed by atoms with van der Waals surface area (Å²) >= 11 is 0. The fourth-order valence-corrected chi connectivity index (χ4v) is 1.17. The summed E-state index contributed by atoms with van der Waals surface area (Å²) in [5.74, 6) is -1.90. The maximum Gasteiger partial charge on any atom is 0.574 e. The van der Waals surface area contributed by atoms with Crippen molar-refractivity contribution in [1.29, 1.82) is 5.26 Å². The summed E-state index contributed by atoms with van der Waals surface area (Å²) in [6, 6.07) is 1.40. The van der Waals surface area contributed by atoms with E-state index in [-0.39, 0.29) is 12.2 Å². The van der Waals surface area contributed by atoms with Gasteiger partial charge < -0.3 is 15.2 Å². The number of aromatic nitrogens is 1. The Morgan fingerprint density at radius 2 is 2.21 bits per heavy atom. The molecule has 0 aliphatic rings. The van der Waals surface area contributed by atoms with Crippen LogP contribution in [0.25, 0.3) is 0 Å². The standard InChI is InChI=1S/C10H8F3N3O3/c1-2-18-9(17)6-4-16-8(19-10(11,12)13)5(3-14)7(6)15/h4H,2H2,1H3,(H2,15,16). The first kappa shape index (κ1) is 14.6. The average molecular weight is 275 g/mol. The zero-order valence-corrected chi connectivity index (χ0v) is 9.61. The van der Waals surface area contributed by atoms with E-state index in [1.807, 2.05) is 0 Å². The lowest BCUT2D eigenvalue weighted by atomic mass is 10.1. The monoisotopic (exact) mass is 275 g/mol. The predicted molar refractivity (Wildman–Crippen MR) is 56.0 cm³/mol. The van der Waals surface area contributed by atoms with Crippen LogP contribution >= 0.6 is 0 Å². The highest BCUT2D eigenvalue weighted by molar-refractivity contribution is 5.96. The molecule has 6 nitrogen and oxygen atoms in total. The molecule has 0 unspecified atom stereocenters. The van der Waals surface area contributed by atoms with E-state index in [2.05, 4.69) is 14.5 Å². The molecule has 1 heterocycles. The van der Waals surface area contributed by atoms with Gasteiger partial charge in [0.05, 0.1) is 12.3 Å². The second-order valence-electron chi connectivity index (χ2n) is 3.15. The second kappa shape index (κ2) is 5.43. The van der Waals surface area contributed by atoms with Gasteiger partial charge >= 0.3 is 12.3 Å². The van der Waals surface area contributed by atoms with Crippen molar-refractivity contribution in [2.24, 2.45) is 0 Å². The third kappa shape index (κ3) is 3.48. The molecular formula is C10H8F3N3O3. The minimum atomic E-state index is -5.02. The lowest BCUT2D eigenvalue weighted by Gasteiger charge is -2.12. The van der Waals surface area contributed by atoms with Crippen molar-refractivity contribution in [3.8, 4) is 11.9 Å². The van der Waals surface area contributed by atoms with E-state index in [9.17, 15) is 18.0 Å². The highest BCUT2D eigenvalue weighted by Crippen LogP contribution is 2.29. The van der Waals surface area contributed by atoms with Crippen LogP contribution in [0, 0.1) is 11.3 Å². The van der Waals surface area contributed by atoms with E-state index < -0.39 is 29.5 Å². The normalized spacial score (nSPS) is 10.7. The van der Waals surface area contributed by atoms with Crippen molar-refractivity contribution in [2.75, 3.05) is 12.3 Å². The van der Waals surface area contributed by atoms with Gasteiger partial charge in [0, 0.05) is 6.20 Å². The molecule has 0 fully saturated rings. The molecule has 1 aromatic heterocycles. The molecule has 1 rings (SSSR count). The summed E-state index contributed by atoms with van der Waals surface area (Å²) < 4.78 is 44.3. The Labute approximate surface area is 105 Å². The number of nitriles is 1. The summed E-state index contributed by atoms with van der Waals surface area (Å²) in [5.41, 5.74) is 3.98. The number of nitrogens with two attached hydrogens (primary N) is 1. The lowest BCUT2D eigenvalue weighted by Crippen LogP contribution is -2.20. The first-order valence-electron chi connectivity index (χ1n) is 4.91. The number of esters is 1. The molecule has 0 amide bonds. The number of nitrogen functional groups attached to an aromatic ring is 1. The highest BCUT2D eigenvalue weighted by Gasteiger charge is 2.34. The summed E-state index contributed by atoms with van der Waals surface area (Å²) in [6.45, 7) is 1.58. The number of anilines is 1. The smallest absolute Gasteiger partial charge is 0.462 e. The van der Waals surface area contributed by atoms with Gasteiger partial charge in [0.1, 0.15) is 17.2 Å². The van der Waals surface area contributed by atoms with Crippen LogP contribution in [0.5, 0.6) is 5.88 Å². The number of hydrogen-bond acceptors (Lipinski definition) is 6. The Morgan fingerprint density at radius 1 is 1.58 bits per heavy atom. The highest BCUT2D eigenvalue weighted by atomic mass is 19.4. The molecule has 9 heteroatoms. The Bertz CT molecular complexity index is 537. The van der Waals surface area contributed by atoms with E-state index >= 15 is 0 Å². The second-order valence-corrected chi connectivity index (χ2v) is 3.15. The van der Waals surface area contributed by atoms with Crippen molar-refractivity contribution < 1.29 is 27.4 Å². The molecule has 1 aromatic rings. The summed E-state index contributed by atoms with van der Waals surface area (Å²) in [5, 5.41) is 8.76. The largest absolute Gasteiger partial charge is 0.574 e. The number of carbonyl (C=O) groups is 1. The van der Waals surface area contributed by atoms with E-state index in [4.69, 9.17) is 11.0 Å². The van der Waals surface area contributed by atoms with Gasteiger partial charge in [0.2, 0.25) is 5.88 Å². The van der Waals surface area contributed by atoms with E-state index in [0.29, 0.717) is 0 Å². The minimum Gasteiger partial charge on any atom is -0.462 e. The van der Waals surface area contributed by atoms with Crippen molar-refractivity contribution in [1.82, 2.24) is 4.98 Å². The fraction of sp³-hybridized carbons (Fsp3) is 0.300. The SMILES string of the molecule is CCOC(=O)c1cnc(OC(F)(F)F)c(C#N)c1N. The first-order valence-corrected chi connectivity index (χ1v) is 4.91. The van der Waals surface area contributed by atoms with Crippen molar-refractivity contribution in [3.63, 3.8) is 0 Å². The molecule has 0 saturated heterocycles. The third-order valence-electron chi connectivity index (χ3n) is 1.90. The Kier molecular flexibility index (Phi) is 4.16. The van der Waals surface area contributed by atoms with Crippen LogP contribution in [0.1, 0.15) is 22.8 Å². The number of alkyl halides is 3. The van der Waals surface area contributed by atoms with Gasteiger partial charge in [-0.05, 0) is 6.92 Å². The van der Waals surface area contributed by atoms with Crippen molar-refractivity contribution in [3.05, 3.63) is 17.3 Å². The summed E-state index contributed by atoms with van der Waals surface area (Å²) in [6.07, 6.45) is -4.26. The maximum absolute atomic E-state index is 12.1. The van der Waals surface area contributed by atoms with Crippen LogP contribution in [0.3, 0.4) is 0 Å². The van der Waals surface area contributed by atoms with Gasteiger partial charge in [0.15, 0.2) is 0 Å². The van der Waals surface area contributed by atoms with Crippen LogP contribution < -0.4 is 10.5 Å². The molecule has 102 valence electrons. The van der Waals surface area contributed by atoms with Crippen LogP contribution in [-0.2, 0) is 4.74 Å². The fourth-order valence-electron chi connectivity index (χ4n) is 1.17. The molecule has 0 spiro atoms. The number of carbonyl (C=O) groups excluding carboxylic acids is 1. The van der Waals surface area contributed by atoms with Crippen LogP contribution in [0.4, 0.5) is 18.9 Å². The third-order valence-corrected chi connectivity index (χ3v) is 1.90. The molecule has 0 bridgehead atoms. The molecule has 19 heavy (non-hydrogen) atoms. The zero-order chi connectivity index (χ0) is 14.6. The molecule has 0 atom stereocenters. The molecule has 0 saturated carbocycles. The van der Waals surface area contributed by atoms with Gasteiger partial charge in [-0.25, -0.2) is 9.78 Å². The lowest BCUT2D eigenvalue weighted by molar-refractivity contribution is -0.276. The number of halogens is 3. The van der Waals surface area contributed by atoms with Gasteiger partial charge in [-0.1, -0.05) is 0 Å². The quantitative estimate of drug-likeness (QED) is 0.841. The molecule has 2 N–H and O–H groups in total. The summed E-state index contributed by atoms with van der Waals surface area (Å²) in [7, 11) is 0. The zero-order valence-electron chi connectivity index (χ0n) is 9.61. The van der Waals surface area contributed by atoms with Gasteiger partial charge in [0.25, 0.3) is 0 Å². The molecule has 0 radical (unpaired) electrons. The van der Waals surface area contributed by atoms with Crippen molar-refractivity contribution in [2.45, 2.75) is 13.3 Å². The number of rotatable bonds is 3. The first-order chi connectivity index (χ1) is 8.80. The molecule has 0 aliphatic heterocycles. The van der Waals surface area contributed by atoms with E-state index in [0.717, 1.165) is 6.20 Å². The summed E-state index contributed by atoms with van der Waals surface area (Å²) in [4.78, 5) is 14.7. The van der Waals surface area contributed by atoms with Crippen LogP contribution in [-0.4, -0.2) is 23.9 Å². The molecule has 0 aliphatic carbocycles. The van der Waals surface area contributed by atoms with Gasteiger partial charge in [-0.2, -0.15) is 5.26 Å². The average Bonchev–Trinajstić information content (AvgIpc) is 2.27. The maximum atomic E-state index is 12.1. The van der Waals surface area contributed by atoms with Crippen LogP contribution in [0.15, 0.2) is 6.20 Å². The van der Waals surface area contributed by atoms with Gasteiger partial charge in [-0.3, -0.25) is 0 Å². The van der Waals surface area contributed by atoms with Crippen LogP contribution in [0.2, 0.25) is 0 Å². The topological polar surface area (TPSA) is 98.2 Å². The van der Waals surface area contributed by atoms with E-state index in [1.165, 1.54) is 13.0 Å². The Morgan fingerprint density at radius 3 is 2.68 bits per heavy atom. The number of pyridine rings is 1. The minimum absolute atomic E-state index is 0.0426. The Balaban J connectivity index is 3.24. The van der Waals surface area contributed by atoms with E-state index in [1.54, 1.807) is 0 Å². The predicted octanol–water partition coefficient (Wildman–Crippen LogP) is 1.61. The van der Waals surface area contributed by atoms with Crippen molar-refractivity contribution >= 4 is 11.7 Å². The number of hydrogen-bond donors (Lipinski definition) is 1.